The van der Waals surface area contributed by atoms with Crippen LogP contribution in [0, 0.1) is 0 Å². The molecule has 98 valence electrons. The Morgan fingerprint density at radius 3 is 2.71 bits per heavy atom. The van der Waals surface area contributed by atoms with Gasteiger partial charge < -0.3 is 20.5 Å². The van der Waals surface area contributed by atoms with Crippen molar-refractivity contribution >= 4 is 12.0 Å². The largest absolute Gasteiger partial charge is 0.479 e. The van der Waals surface area contributed by atoms with Gasteiger partial charge in [0.1, 0.15) is 0 Å². The highest BCUT2D eigenvalue weighted by atomic mass is 16.5. The van der Waals surface area contributed by atoms with Crippen molar-refractivity contribution in [1.82, 2.24) is 10.6 Å². The van der Waals surface area contributed by atoms with E-state index in [1.54, 1.807) is 0 Å². The molecule has 0 aromatic rings. The topological polar surface area (TPSA) is 87.7 Å². The Bertz CT molecular complexity index is 270. The summed E-state index contributed by atoms with van der Waals surface area (Å²) in [5.74, 6) is -0.931. The van der Waals surface area contributed by atoms with Crippen LogP contribution in [-0.4, -0.2) is 42.4 Å². The minimum atomic E-state index is -0.931. The van der Waals surface area contributed by atoms with Gasteiger partial charge in [0.25, 0.3) is 0 Å². The molecule has 1 rings (SSSR count). The van der Waals surface area contributed by atoms with Crippen molar-refractivity contribution in [3.63, 3.8) is 0 Å². The number of nitrogens with one attached hydrogen (secondary N) is 2. The van der Waals surface area contributed by atoms with Crippen molar-refractivity contribution in [1.29, 1.82) is 0 Å². The predicted octanol–water partition coefficient (Wildman–Crippen LogP) is 0.718. The van der Waals surface area contributed by atoms with Crippen LogP contribution in [-0.2, 0) is 9.53 Å². The first-order valence-electron chi connectivity index (χ1n) is 6.03. The van der Waals surface area contributed by atoms with E-state index in [0.29, 0.717) is 25.9 Å². The normalized spacial score (nSPS) is 23.4. The summed E-state index contributed by atoms with van der Waals surface area (Å²) in [6.07, 6.45) is 2.27. The van der Waals surface area contributed by atoms with Gasteiger partial charge in [0.15, 0.2) is 6.10 Å². The lowest BCUT2D eigenvalue weighted by Gasteiger charge is -2.12. The number of carboxylic acid groups (broad SMARTS) is 1. The van der Waals surface area contributed by atoms with Crippen molar-refractivity contribution in [2.45, 2.75) is 44.8 Å². The number of hydrogen-bond acceptors (Lipinski definition) is 3. The summed E-state index contributed by atoms with van der Waals surface area (Å²) in [6.45, 7) is 3.07. The summed E-state index contributed by atoms with van der Waals surface area (Å²) in [5.41, 5.74) is 0. The maximum absolute atomic E-state index is 11.3. The number of rotatable bonds is 6. The number of amides is 2. The second-order valence-electron chi connectivity index (χ2n) is 4.15. The Hall–Kier alpha value is -1.30. The SMILES string of the molecule is CCCCNC(=O)NCC1CCC(C(=O)O)O1. The Kier molecular flexibility index (Phi) is 5.76. The number of carbonyl (C=O) groups is 2. The van der Waals surface area contributed by atoms with Crippen molar-refractivity contribution < 1.29 is 19.4 Å². The maximum Gasteiger partial charge on any atom is 0.332 e. The van der Waals surface area contributed by atoms with Crippen LogP contribution in [0.2, 0.25) is 0 Å². The molecule has 2 unspecified atom stereocenters. The third-order valence-corrected chi connectivity index (χ3v) is 2.69. The lowest BCUT2D eigenvalue weighted by Crippen LogP contribution is -2.40. The van der Waals surface area contributed by atoms with Gasteiger partial charge in [-0.2, -0.15) is 0 Å². The zero-order chi connectivity index (χ0) is 12.7. The van der Waals surface area contributed by atoms with Crippen molar-refractivity contribution in [2.75, 3.05) is 13.1 Å². The quantitative estimate of drug-likeness (QED) is 0.601. The zero-order valence-electron chi connectivity index (χ0n) is 10.1. The van der Waals surface area contributed by atoms with E-state index in [1.165, 1.54) is 0 Å². The molecule has 1 fully saturated rings. The van der Waals surface area contributed by atoms with Gasteiger partial charge in [-0.15, -0.1) is 0 Å². The number of carboxylic acids is 1. The highest BCUT2D eigenvalue weighted by molar-refractivity contribution is 5.74. The van der Waals surface area contributed by atoms with Crippen molar-refractivity contribution in [2.24, 2.45) is 0 Å². The van der Waals surface area contributed by atoms with E-state index in [9.17, 15) is 9.59 Å². The zero-order valence-corrected chi connectivity index (χ0v) is 10.1. The van der Waals surface area contributed by atoms with Crippen LogP contribution in [0.1, 0.15) is 32.6 Å². The molecule has 0 aromatic heterocycles. The van der Waals surface area contributed by atoms with Gasteiger partial charge in [0.05, 0.1) is 6.10 Å². The summed E-state index contributed by atoms with van der Waals surface area (Å²) in [7, 11) is 0. The molecule has 2 atom stereocenters. The third kappa shape index (κ3) is 5.04. The van der Waals surface area contributed by atoms with E-state index < -0.39 is 12.1 Å². The summed E-state index contributed by atoms with van der Waals surface area (Å²) in [4.78, 5) is 21.9. The molecule has 3 N–H and O–H groups in total. The summed E-state index contributed by atoms with van der Waals surface area (Å²) >= 11 is 0. The van der Waals surface area contributed by atoms with Crippen LogP contribution in [0.25, 0.3) is 0 Å². The smallest absolute Gasteiger partial charge is 0.332 e. The average molecular weight is 244 g/mol. The number of aliphatic carboxylic acids is 1. The first kappa shape index (κ1) is 13.8. The lowest BCUT2D eigenvalue weighted by molar-refractivity contribution is -0.149. The third-order valence-electron chi connectivity index (χ3n) is 2.69. The highest BCUT2D eigenvalue weighted by Gasteiger charge is 2.30. The van der Waals surface area contributed by atoms with E-state index in [-0.39, 0.29) is 12.1 Å². The minimum Gasteiger partial charge on any atom is -0.479 e. The average Bonchev–Trinajstić information content (AvgIpc) is 2.75. The standard InChI is InChI=1S/C11H20N2O4/c1-2-3-6-12-11(16)13-7-8-4-5-9(17-8)10(14)15/h8-9H,2-7H2,1H3,(H,14,15)(H2,12,13,16). The van der Waals surface area contributed by atoms with Crippen molar-refractivity contribution in [3.8, 4) is 0 Å². The minimum absolute atomic E-state index is 0.187. The van der Waals surface area contributed by atoms with Crippen LogP contribution in [0.5, 0.6) is 0 Å². The molecule has 0 aromatic carbocycles. The van der Waals surface area contributed by atoms with E-state index >= 15 is 0 Å². The first-order chi connectivity index (χ1) is 8.13. The molecule has 0 saturated carbocycles. The molecule has 6 heteroatoms. The number of unbranched alkanes of at least 4 members (excludes halogenated alkanes) is 1. The Labute approximate surface area is 101 Å². The molecule has 1 aliphatic rings. The molecule has 0 spiro atoms. The van der Waals surface area contributed by atoms with Gasteiger partial charge in [0.2, 0.25) is 0 Å². The van der Waals surface area contributed by atoms with Gasteiger partial charge in [-0.3, -0.25) is 0 Å². The Morgan fingerprint density at radius 1 is 1.35 bits per heavy atom. The number of hydrogen-bond donors (Lipinski definition) is 3. The predicted molar refractivity (Wildman–Crippen MR) is 61.8 cm³/mol. The molecule has 2 amide bonds. The fraction of sp³-hybridized carbons (Fsp3) is 0.818. The molecule has 0 bridgehead atoms. The Morgan fingerprint density at radius 2 is 2.12 bits per heavy atom. The second-order valence-corrected chi connectivity index (χ2v) is 4.15. The summed E-state index contributed by atoms with van der Waals surface area (Å²) in [6, 6.07) is -0.221. The molecular formula is C11H20N2O4. The van der Waals surface area contributed by atoms with Crippen LogP contribution < -0.4 is 10.6 Å². The van der Waals surface area contributed by atoms with E-state index in [0.717, 1.165) is 12.8 Å². The van der Waals surface area contributed by atoms with Crippen molar-refractivity contribution in [3.05, 3.63) is 0 Å². The number of urea groups is 1. The summed E-state index contributed by atoms with van der Waals surface area (Å²) < 4.78 is 5.26. The fourth-order valence-electron chi connectivity index (χ4n) is 1.69. The molecular weight excluding hydrogens is 224 g/mol. The monoisotopic (exact) mass is 244 g/mol. The van der Waals surface area contributed by atoms with Gasteiger partial charge in [0, 0.05) is 13.1 Å². The lowest BCUT2D eigenvalue weighted by atomic mass is 10.2. The fourth-order valence-corrected chi connectivity index (χ4v) is 1.69. The van der Waals surface area contributed by atoms with Crippen LogP contribution in [0.3, 0.4) is 0 Å². The van der Waals surface area contributed by atoms with Gasteiger partial charge in [-0.1, -0.05) is 13.3 Å². The molecule has 0 radical (unpaired) electrons. The van der Waals surface area contributed by atoms with Gasteiger partial charge in [-0.05, 0) is 19.3 Å². The molecule has 0 aliphatic carbocycles. The second kappa shape index (κ2) is 7.11. The van der Waals surface area contributed by atoms with Gasteiger partial charge in [-0.25, -0.2) is 9.59 Å². The highest BCUT2D eigenvalue weighted by Crippen LogP contribution is 2.18. The summed E-state index contributed by atoms with van der Waals surface area (Å²) in [5, 5.41) is 14.1. The first-order valence-corrected chi connectivity index (χ1v) is 6.03. The molecule has 6 nitrogen and oxygen atoms in total. The maximum atomic E-state index is 11.3. The Balaban J connectivity index is 2.11. The van der Waals surface area contributed by atoms with Gasteiger partial charge >= 0.3 is 12.0 Å². The number of ether oxygens (including phenoxy) is 1. The van der Waals surface area contributed by atoms with E-state index in [2.05, 4.69) is 17.6 Å². The number of carbonyl (C=O) groups excluding carboxylic acids is 1. The molecule has 1 saturated heterocycles. The molecule has 1 aliphatic heterocycles. The molecule has 1 heterocycles. The van der Waals surface area contributed by atoms with E-state index in [1.807, 2.05) is 0 Å². The van der Waals surface area contributed by atoms with E-state index in [4.69, 9.17) is 9.84 Å². The van der Waals surface area contributed by atoms with Crippen LogP contribution in [0.4, 0.5) is 4.79 Å². The van der Waals surface area contributed by atoms with Crippen LogP contribution >= 0.6 is 0 Å². The molecule has 17 heavy (non-hydrogen) atoms. The van der Waals surface area contributed by atoms with Crippen LogP contribution in [0.15, 0.2) is 0 Å².